The molecule has 206 valence electrons. The Balaban J connectivity index is 1.84. The van der Waals surface area contributed by atoms with Crippen LogP contribution in [-0.2, 0) is 0 Å². The summed E-state index contributed by atoms with van der Waals surface area (Å²) in [5, 5.41) is 76.3. The van der Waals surface area contributed by atoms with Gasteiger partial charge in [-0.25, -0.2) is 0 Å². The van der Waals surface area contributed by atoms with Crippen LogP contribution in [0, 0.1) is 20.8 Å². The van der Waals surface area contributed by atoms with Gasteiger partial charge in [-0.2, -0.15) is 0 Å². The first-order valence-corrected chi connectivity index (χ1v) is 12.2. The molecule has 12 nitrogen and oxygen atoms in total. The Hall–Kier alpha value is -2.30. The number of halogens is 4. The van der Waals surface area contributed by atoms with Crippen LogP contribution in [0.3, 0.4) is 0 Å². The molecule has 0 fully saturated rings. The molecule has 0 amide bonds. The minimum atomic E-state index is -1.05. The summed E-state index contributed by atoms with van der Waals surface area (Å²) in [6, 6.07) is 13.0. The van der Waals surface area contributed by atoms with Gasteiger partial charge in [0.05, 0.1) is 21.5 Å². The summed E-state index contributed by atoms with van der Waals surface area (Å²) in [7, 11) is 0. The Morgan fingerprint density at radius 3 is 1.08 bits per heavy atom. The highest BCUT2D eigenvalue weighted by Crippen LogP contribution is 2.46. The monoisotopic (exact) mass is 606 g/mol. The van der Waals surface area contributed by atoms with Gasteiger partial charge in [-0.3, -0.25) is 20.8 Å². The van der Waals surface area contributed by atoms with Gasteiger partial charge in [0.2, 0.25) is 0 Å². The van der Waals surface area contributed by atoms with Crippen molar-refractivity contribution in [1.29, 1.82) is 0 Å². The molecule has 0 unspecified atom stereocenters. The molecule has 0 aliphatic rings. The van der Waals surface area contributed by atoms with E-state index in [1.165, 1.54) is 12.1 Å². The van der Waals surface area contributed by atoms with E-state index in [1.807, 2.05) is 0 Å². The topological polar surface area (TPSA) is 186 Å². The first-order valence-electron chi connectivity index (χ1n) is 10.4. The maximum Gasteiger partial charge on any atom is 0.101 e. The van der Waals surface area contributed by atoms with Gasteiger partial charge >= 0.3 is 0 Å². The van der Waals surface area contributed by atoms with Crippen LogP contribution in [0.2, 0.25) is 0 Å². The summed E-state index contributed by atoms with van der Waals surface area (Å²) in [6.07, 6.45) is 0. The average Bonchev–Trinajstić information content (AvgIpc) is 2.90. The lowest BCUT2D eigenvalue weighted by atomic mass is 9.97. The van der Waals surface area contributed by atoms with E-state index in [4.69, 9.17) is 46.4 Å². The maximum absolute atomic E-state index is 11.0. The van der Waals surface area contributed by atoms with E-state index in [-0.39, 0.29) is 44.3 Å². The van der Waals surface area contributed by atoms with Gasteiger partial charge in [0, 0.05) is 22.5 Å². The average molecular weight is 608 g/mol. The molecule has 0 radical (unpaired) electrons. The molecule has 0 aliphatic heterocycles. The van der Waals surface area contributed by atoms with E-state index in [0.717, 1.165) is 24.3 Å². The van der Waals surface area contributed by atoms with Crippen LogP contribution >= 0.6 is 46.4 Å². The zero-order chi connectivity index (χ0) is 28.3. The van der Waals surface area contributed by atoms with E-state index >= 15 is 0 Å². The molecule has 3 aromatic rings. The third kappa shape index (κ3) is 6.63. The summed E-state index contributed by atoms with van der Waals surface area (Å²) < 4.78 is 0. The zero-order valence-corrected chi connectivity index (χ0v) is 21.8. The van der Waals surface area contributed by atoms with Gasteiger partial charge in [-0.15, -0.1) is 56.9 Å². The summed E-state index contributed by atoms with van der Waals surface area (Å²) in [5.41, 5.74) is -0.212. The second-order valence-corrected chi connectivity index (χ2v) is 9.73. The molecule has 38 heavy (non-hydrogen) atoms. The SMILES string of the molecule is [O-]N([O-])c1ccc([C@@H](Cl)[C@@H](Cl)c2ccc([C@H](Cl)[C@@H](Cl)c3ccc(N([O-])[O-])cc3N(O)O)cc2)c(N(O)O)c1. The van der Waals surface area contributed by atoms with Crippen LogP contribution in [0.1, 0.15) is 43.8 Å². The van der Waals surface area contributed by atoms with Crippen molar-refractivity contribution in [2.75, 3.05) is 20.9 Å². The molecule has 0 saturated carbocycles. The molecular weight excluding hydrogens is 590 g/mol. The Kier molecular flexibility index (Phi) is 10.1. The van der Waals surface area contributed by atoms with Gasteiger partial charge in [0.1, 0.15) is 11.4 Å². The number of benzene rings is 3. The number of hydrogen-bond acceptors (Lipinski definition) is 12. The smallest absolute Gasteiger partial charge is 0.101 e. The molecule has 0 aliphatic carbocycles. The maximum atomic E-state index is 11.0. The normalized spacial score (nSPS) is 14.4. The fraction of sp³-hybridized carbons (Fsp3) is 0.182. The Bertz CT molecular complexity index is 1140. The highest BCUT2D eigenvalue weighted by molar-refractivity contribution is 6.31. The van der Waals surface area contributed by atoms with Gasteiger partial charge < -0.3 is 31.3 Å². The number of alkyl halides is 4. The van der Waals surface area contributed by atoms with Crippen LogP contribution in [0.5, 0.6) is 0 Å². The largest absolute Gasteiger partial charge is 0.769 e. The van der Waals surface area contributed by atoms with Crippen molar-refractivity contribution < 1.29 is 20.8 Å². The highest BCUT2D eigenvalue weighted by Gasteiger charge is 2.27. The molecule has 0 heterocycles. The van der Waals surface area contributed by atoms with Crippen molar-refractivity contribution in [2.45, 2.75) is 21.5 Å². The first kappa shape index (κ1) is 30.2. The summed E-state index contributed by atoms with van der Waals surface area (Å²) in [5.74, 6) is 0. The molecule has 0 bridgehead atoms. The standard InChI is InChI=1S/C22H18Cl4N4O8/c23-19(21(25)15-7-5-13(27(31)32)9-17(15)29(35)36)11-1-2-12(4-3-11)20(24)22(26)16-8-6-14(28(33)34)10-18(16)30(37)38/h1-10,19-22,35-38H/q-4/t19-,20-,21-,22+/m0/s1. The van der Waals surface area contributed by atoms with E-state index in [0.29, 0.717) is 11.1 Å². The lowest BCUT2D eigenvalue weighted by molar-refractivity contribution is 0.0280. The lowest BCUT2D eigenvalue weighted by Gasteiger charge is -2.38. The van der Waals surface area contributed by atoms with Crippen LogP contribution in [0.4, 0.5) is 22.7 Å². The lowest BCUT2D eigenvalue weighted by Crippen LogP contribution is -2.16. The summed E-state index contributed by atoms with van der Waals surface area (Å²) >= 11 is 26.0. The molecule has 0 aromatic heterocycles. The van der Waals surface area contributed by atoms with Gasteiger partial charge in [-0.1, -0.05) is 36.4 Å². The fourth-order valence-electron chi connectivity index (χ4n) is 3.62. The Morgan fingerprint density at radius 2 is 0.816 bits per heavy atom. The van der Waals surface area contributed by atoms with Crippen molar-refractivity contribution in [2.24, 2.45) is 0 Å². The predicted molar refractivity (Wildman–Crippen MR) is 144 cm³/mol. The Labute approximate surface area is 235 Å². The van der Waals surface area contributed by atoms with Crippen molar-refractivity contribution in [3.05, 3.63) is 104 Å². The van der Waals surface area contributed by atoms with E-state index in [9.17, 15) is 41.7 Å². The van der Waals surface area contributed by atoms with Crippen LogP contribution in [0.15, 0.2) is 60.7 Å². The molecule has 4 N–H and O–H groups in total. The molecule has 0 saturated heterocycles. The number of nitrogens with zero attached hydrogens (tertiary/aromatic N) is 4. The predicted octanol–water partition coefficient (Wildman–Crippen LogP) is 6.98. The van der Waals surface area contributed by atoms with Gasteiger partial charge in [0.15, 0.2) is 0 Å². The number of rotatable bonds is 10. The van der Waals surface area contributed by atoms with Gasteiger partial charge in [0.25, 0.3) is 0 Å². The zero-order valence-electron chi connectivity index (χ0n) is 18.8. The molecule has 4 atom stereocenters. The number of hydrogen-bond donors (Lipinski definition) is 4. The van der Waals surface area contributed by atoms with Crippen molar-refractivity contribution >= 4 is 69.2 Å². The van der Waals surface area contributed by atoms with Crippen LogP contribution in [0.25, 0.3) is 0 Å². The van der Waals surface area contributed by atoms with E-state index in [2.05, 4.69) is 0 Å². The molecule has 0 spiro atoms. The summed E-state index contributed by atoms with van der Waals surface area (Å²) in [4.78, 5) is 0. The van der Waals surface area contributed by atoms with Crippen molar-refractivity contribution in [3.63, 3.8) is 0 Å². The first-order chi connectivity index (χ1) is 17.8. The quantitative estimate of drug-likeness (QED) is 0.137. The van der Waals surface area contributed by atoms with E-state index < -0.39 is 32.0 Å². The van der Waals surface area contributed by atoms with E-state index in [1.54, 1.807) is 24.3 Å². The van der Waals surface area contributed by atoms with Crippen molar-refractivity contribution in [3.8, 4) is 0 Å². The summed E-state index contributed by atoms with van der Waals surface area (Å²) in [6.45, 7) is 0. The van der Waals surface area contributed by atoms with Crippen LogP contribution in [-0.4, -0.2) is 20.8 Å². The number of anilines is 4. The highest BCUT2D eigenvalue weighted by atomic mass is 35.5. The third-order valence-corrected chi connectivity index (χ3v) is 7.80. The van der Waals surface area contributed by atoms with Gasteiger partial charge in [-0.05, 0) is 35.4 Å². The molecule has 3 aromatic carbocycles. The minimum Gasteiger partial charge on any atom is -0.769 e. The van der Waals surface area contributed by atoms with Crippen molar-refractivity contribution in [1.82, 2.24) is 0 Å². The third-order valence-electron chi connectivity index (χ3n) is 5.56. The second kappa shape index (κ2) is 12.7. The van der Waals surface area contributed by atoms with Crippen LogP contribution < -0.4 is 20.9 Å². The second-order valence-electron chi connectivity index (χ2n) is 7.85. The molecule has 3 rings (SSSR count). The Morgan fingerprint density at radius 1 is 0.500 bits per heavy atom. The molecule has 16 heteroatoms. The fourth-order valence-corrected chi connectivity index (χ4v) is 4.84. The minimum absolute atomic E-state index is 0.116. The molecular formula is C22H18Cl4N4O8-4.